The van der Waals surface area contributed by atoms with Crippen molar-refractivity contribution in [3.05, 3.63) is 75.2 Å². The first-order valence-electron chi connectivity index (χ1n) is 9.49. The molecule has 1 nitrogen and oxygen atoms in total. The van der Waals surface area contributed by atoms with Gasteiger partial charge in [0, 0.05) is 0 Å². The van der Waals surface area contributed by atoms with Gasteiger partial charge in [-0.05, 0) is 25.1 Å². The first-order valence-corrected chi connectivity index (χ1v) is 15.9. The monoisotopic (exact) mass is 402 g/mol. The summed E-state index contributed by atoms with van der Waals surface area (Å²) < 4.78 is 7.29. The Hall–Kier alpha value is -1.09. The Bertz CT molecular complexity index is 669. The number of rotatable bonds is 6. The minimum Gasteiger partial charge on any atom is -0.490 e. The fraction of sp³-hybridized carbons (Fsp3) is 0.391. The Labute approximate surface area is 170 Å². The molecular formula is C23H34OSiTi. The van der Waals surface area contributed by atoms with Crippen LogP contribution in [0.4, 0.5) is 0 Å². The number of ether oxygens (including phenoxy) is 1. The maximum absolute atomic E-state index is 5.43. The van der Waals surface area contributed by atoms with Gasteiger partial charge in [-0.3, -0.25) is 0 Å². The van der Waals surface area contributed by atoms with Gasteiger partial charge in [0.15, 0.2) is 0 Å². The van der Waals surface area contributed by atoms with Crippen molar-refractivity contribution in [1.82, 2.24) is 0 Å². The molecule has 1 aliphatic carbocycles. The molecule has 0 fully saturated rings. The Morgan fingerprint density at radius 1 is 1.04 bits per heavy atom. The zero-order chi connectivity index (χ0) is 19.5. The SMILES string of the molecule is CC1=C(C)C(C)[C]([Ti][SiH](C)C)=C1C.CC=CC=CCOc1ccccc1. The van der Waals surface area contributed by atoms with E-state index in [0.29, 0.717) is 6.61 Å². The van der Waals surface area contributed by atoms with Crippen LogP contribution in [0, 0.1) is 5.92 Å². The molecule has 0 amide bonds. The molecule has 0 heterocycles. The minimum absolute atomic E-state index is 0.267. The molecule has 26 heavy (non-hydrogen) atoms. The molecule has 1 atom stereocenters. The standard InChI is InChI=1S/C12H14O.C9H13.C2H7Si.Ti/c1-2-3-4-8-11-13-12-9-6-5-7-10-12;1-6-5-7(2)9(4)8(6)3;1-3-2;/h2-10H,11H2,1H3;6H,1-4H3;3H,1-2H3;. The Morgan fingerprint density at radius 2 is 1.69 bits per heavy atom. The van der Waals surface area contributed by atoms with E-state index in [4.69, 9.17) is 4.74 Å². The molecule has 1 aromatic carbocycles. The Balaban J connectivity index is 0.000000260. The van der Waals surface area contributed by atoms with E-state index >= 15 is 0 Å². The van der Waals surface area contributed by atoms with Crippen molar-refractivity contribution in [3.8, 4) is 5.75 Å². The van der Waals surface area contributed by atoms with Crippen molar-refractivity contribution < 1.29 is 23.1 Å². The third-order valence-corrected chi connectivity index (χ3v) is 10.9. The van der Waals surface area contributed by atoms with Gasteiger partial charge in [-0.1, -0.05) is 36.4 Å². The van der Waals surface area contributed by atoms with Crippen molar-refractivity contribution in [2.75, 3.05) is 6.61 Å². The Morgan fingerprint density at radius 3 is 2.19 bits per heavy atom. The largest absolute Gasteiger partial charge is 0.490 e. The van der Waals surface area contributed by atoms with Gasteiger partial charge >= 0.3 is 92.4 Å². The summed E-state index contributed by atoms with van der Waals surface area (Å²) in [6.07, 6.45) is 7.92. The first kappa shape index (κ1) is 23.0. The topological polar surface area (TPSA) is 9.23 Å². The summed E-state index contributed by atoms with van der Waals surface area (Å²) in [7, 11) is 0. The Kier molecular flexibility index (Phi) is 10.9. The molecule has 2 rings (SSSR count). The van der Waals surface area contributed by atoms with Gasteiger partial charge in [-0.25, -0.2) is 0 Å². The molecule has 0 radical (unpaired) electrons. The summed E-state index contributed by atoms with van der Waals surface area (Å²) in [5, 5.41) is 0. The van der Waals surface area contributed by atoms with E-state index in [9.17, 15) is 0 Å². The third-order valence-electron chi connectivity index (χ3n) is 4.61. The maximum Gasteiger partial charge on any atom is 0.119 e. The third kappa shape index (κ3) is 7.65. The van der Waals surface area contributed by atoms with Crippen molar-refractivity contribution >= 4 is 6.66 Å². The van der Waals surface area contributed by atoms with E-state index < -0.39 is 0 Å². The molecule has 0 bridgehead atoms. The van der Waals surface area contributed by atoms with Crippen molar-refractivity contribution in [1.29, 1.82) is 0 Å². The summed E-state index contributed by atoms with van der Waals surface area (Å²) in [4.78, 5) is 0. The molecule has 0 saturated heterocycles. The van der Waals surface area contributed by atoms with E-state index in [-0.39, 0.29) is 25.1 Å². The molecule has 0 spiro atoms. The van der Waals surface area contributed by atoms with E-state index in [0.717, 1.165) is 11.7 Å². The van der Waals surface area contributed by atoms with Crippen LogP contribution in [0.1, 0.15) is 34.6 Å². The molecular weight excluding hydrogens is 368 g/mol. The summed E-state index contributed by atoms with van der Waals surface area (Å²) in [5.41, 5.74) is 4.86. The first-order chi connectivity index (χ1) is 12.4. The van der Waals surface area contributed by atoms with E-state index in [1.165, 1.54) is 0 Å². The van der Waals surface area contributed by atoms with Gasteiger partial charge in [0.05, 0.1) is 0 Å². The van der Waals surface area contributed by atoms with Gasteiger partial charge in [0.1, 0.15) is 12.4 Å². The number of allylic oxidation sites excluding steroid dienone is 7. The molecule has 0 saturated carbocycles. The van der Waals surface area contributed by atoms with Crippen LogP contribution in [-0.2, 0) is 18.4 Å². The van der Waals surface area contributed by atoms with Crippen LogP contribution in [0.2, 0.25) is 13.1 Å². The average molecular weight is 402 g/mol. The second-order valence-corrected chi connectivity index (χ2v) is 17.1. The molecule has 1 aliphatic rings. The molecule has 3 heteroatoms. The van der Waals surface area contributed by atoms with Gasteiger partial charge < -0.3 is 4.74 Å². The second-order valence-electron chi connectivity index (χ2n) is 6.95. The van der Waals surface area contributed by atoms with E-state index in [1.54, 1.807) is 16.7 Å². The van der Waals surface area contributed by atoms with Crippen molar-refractivity contribution in [3.63, 3.8) is 0 Å². The van der Waals surface area contributed by atoms with Crippen LogP contribution in [-0.4, -0.2) is 13.3 Å². The van der Waals surface area contributed by atoms with Crippen molar-refractivity contribution in [2.24, 2.45) is 5.92 Å². The van der Waals surface area contributed by atoms with Crippen LogP contribution < -0.4 is 4.74 Å². The maximum atomic E-state index is 5.43. The van der Waals surface area contributed by atoms with Crippen molar-refractivity contribution in [2.45, 2.75) is 47.7 Å². The summed E-state index contributed by atoms with van der Waals surface area (Å²) in [6, 6.07) is 9.80. The smallest absolute Gasteiger partial charge is 0.119 e. The van der Waals surface area contributed by atoms with Gasteiger partial charge in [0.25, 0.3) is 0 Å². The fourth-order valence-electron chi connectivity index (χ4n) is 2.81. The minimum atomic E-state index is -0.315. The number of para-hydroxylation sites is 1. The molecule has 1 unspecified atom stereocenters. The average Bonchev–Trinajstić information content (AvgIpc) is 2.81. The second kappa shape index (κ2) is 12.3. The summed E-state index contributed by atoms with van der Waals surface area (Å²) in [6.45, 7) is 16.6. The number of benzene rings is 1. The van der Waals surface area contributed by atoms with Gasteiger partial charge in [-0.2, -0.15) is 0 Å². The number of hydrogen-bond acceptors (Lipinski definition) is 1. The summed E-state index contributed by atoms with van der Waals surface area (Å²) >= 11 is 0.267. The molecule has 0 aromatic heterocycles. The van der Waals surface area contributed by atoms with Gasteiger partial charge in [0.2, 0.25) is 0 Å². The van der Waals surface area contributed by atoms with Crippen LogP contribution in [0.3, 0.4) is 0 Å². The zero-order valence-corrected chi connectivity index (χ0v) is 20.2. The van der Waals surface area contributed by atoms with E-state index in [2.05, 4.69) is 40.8 Å². The van der Waals surface area contributed by atoms with Crippen LogP contribution in [0.5, 0.6) is 5.75 Å². The fourth-order valence-corrected chi connectivity index (χ4v) is 9.63. The van der Waals surface area contributed by atoms with Crippen LogP contribution in [0.25, 0.3) is 0 Å². The zero-order valence-electron chi connectivity index (χ0n) is 17.5. The molecule has 0 aliphatic heterocycles. The molecule has 140 valence electrons. The summed E-state index contributed by atoms with van der Waals surface area (Å²) in [5.74, 6) is 1.70. The quantitative estimate of drug-likeness (QED) is 0.389. The predicted molar refractivity (Wildman–Crippen MR) is 115 cm³/mol. The normalized spacial score (nSPS) is 17.3. The molecule has 0 N–H and O–H groups in total. The predicted octanol–water partition coefficient (Wildman–Crippen LogP) is 6.51. The van der Waals surface area contributed by atoms with E-state index in [1.807, 2.05) is 65.4 Å². The molecule has 1 aromatic rings. The number of hydrogen-bond donors (Lipinski definition) is 0. The van der Waals surface area contributed by atoms with Gasteiger partial charge in [-0.15, -0.1) is 0 Å². The van der Waals surface area contributed by atoms with Crippen LogP contribution >= 0.6 is 0 Å². The van der Waals surface area contributed by atoms with Crippen LogP contribution in [0.15, 0.2) is 75.2 Å².